The van der Waals surface area contributed by atoms with Gasteiger partial charge in [0.15, 0.2) is 0 Å². The number of benzene rings is 1. The topological polar surface area (TPSA) is 12.5 Å². The van der Waals surface area contributed by atoms with E-state index in [9.17, 15) is 13.2 Å². The molecule has 1 aromatic carbocycles. The zero-order valence-electron chi connectivity index (χ0n) is 15.8. The minimum absolute atomic E-state index is 0.0541. The second-order valence-electron chi connectivity index (χ2n) is 8.62. The van der Waals surface area contributed by atoms with Crippen LogP contribution in [0.3, 0.4) is 0 Å². The van der Waals surface area contributed by atoms with Gasteiger partial charge in [-0.1, -0.05) is 18.2 Å². The normalized spacial score (nSPS) is 33.9. The van der Waals surface area contributed by atoms with Crippen LogP contribution in [0.1, 0.15) is 86.5 Å². The summed E-state index contributed by atoms with van der Waals surface area (Å²) in [6.07, 6.45) is 7.91. The average Bonchev–Trinajstić information content (AvgIpc) is 3.53. The first-order valence-corrected chi connectivity index (χ1v) is 10.4. The molecule has 1 nitrogen and oxygen atoms in total. The first kappa shape index (κ1) is 19.0. The molecule has 27 heavy (non-hydrogen) atoms. The van der Waals surface area contributed by atoms with Gasteiger partial charge < -0.3 is 4.74 Å². The van der Waals surface area contributed by atoms with Crippen LogP contribution < -0.4 is 0 Å². The molecule has 1 atom stereocenters. The van der Waals surface area contributed by atoms with Crippen LogP contribution in [-0.2, 0) is 4.74 Å². The van der Waals surface area contributed by atoms with Crippen molar-refractivity contribution in [1.29, 1.82) is 0 Å². The van der Waals surface area contributed by atoms with Gasteiger partial charge in [-0.15, -0.1) is 6.58 Å². The Labute approximate surface area is 160 Å². The third kappa shape index (κ3) is 3.96. The molecular formula is C23H29F3O. The highest BCUT2D eigenvalue weighted by Gasteiger charge is 2.35. The van der Waals surface area contributed by atoms with Crippen LogP contribution in [0.5, 0.6) is 0 Å². The average molecular weight is 378 g/mol. The molecule has 1 unspecified atom stereocenters. The van der Waals surface area contributed by atoms with Crippen molar-refractivity contribution < 1.29 is 17.9 Å². The molecule has 0 N–H and O–H groups in total. The maximum absolute atomic E-state index is 14.7. The van der Waals surface area contributed by atoms with E-state index in [1.54, 1.807) is 12.1 Å². The summed E-state index contributed by atoms with van der Waals surface area (Å²) in [6, 6.07) is 3.40. The molecule has 1 heterocycles. The first-order valence-electron chi connectivity index (χ1n) is 10.4. The van der Waals surface area contributed by atoms with E-state index in [0.717, 1.165) is 31.6 Å². The summed E-state index contributed by atoms with van der Waals surface area (Å²) in [4.78, 5) is 0. The lowest BCUT2D eigenvalue weighted by Gasteiger charge is -2.38. The number of rotatable bonds is 5. The van der Waals surface area contributed by atoms with Crippen LogP contribution in [0.25, 0.3) is 0 Å². The molecule has 0 bridgehead atoms. The Bertz CT molecular complexity index is 666. The number of halogens is 3. The maximum Gasteiger partial charge on any atom is 0.266 e. The van der Waals surface area contributed by atoms with Gasteiger partial charge in [0.25, 0.3) is 6.43 Å². The van der Waals surface area contributed by atoms with Crippen molar-refractivity contribution in [3.63, 3.8) is 0 Å². The summed E-state index contributed by atoms with van der Waals surface area (Å²) in [7, 11) is 0. The SMILES string of the molecule is C=CC1CCC(C2CCC(c3ccc(C4CO4)c(F)c3C(F)F)CC2)CC1. The Balaban J connectivity index is 1.43. The molecule has 2 aliphatic carbocycles. The van der Waals surface area contributed by atoms with Crippen LogP contribution in [0.4, 0.5) is 13.2 Å². The van der Waals surface area contributed by atoms with Gasteiger partial charge >= 0.3 is 0 Å². The third-order valence-corrected chi connectivity index (χ3v) is 7.17. The second kappa shape index (κ2) is 7.98. The van der Waals surface area contributed by atoms with Crippen LogP contribution in [0.15, 0.2) is 24.8 Å². The molecule has 0 aromatic heterocycles. The van der Waals surface area contributed by atoms with Gasteiger partial charge in [0.1, 0.15) is 11.9 Å². The second-order valence-corrected chi connectivity index (χ2v) is 8.62. The van der Waals surface area contributed by atoms with Gasteiger partial charge in [-0.3, -0.25) is 0 Å². The van der Waals surface area contributed by atoms with E-state index in [-0.39, 0.29) is 17.6 Å². The smallest absolute Gasteiger partial charge is 0.266 e. The van der Waals surface area contributed by atoms with Gasteiger partial charge in [0.2, 0.25) is 0 Å². The van der Waals surface area contributed by atoms with Crippen molar-refractivity contribution in [2.24, 2.45) is 17.8 Å². The summed E-state index contributed by atoms with van der Waals surface area (Å²) in [6.45, 7) is 4.34. The van der Waals surface area contributed by atoms with Crippen molar-refractivity contribution in [2.75, 3.05) is 6.61 Å². The lowest BCUT2D eigenvalue weighted by atomic mass is 9.68. The van der Waals surface area contributed by atoms with E-state index in [1.807, 2.05) is 0 Å². The molecule has 4 heteroatoms. The van der Waals surface area contributed by atoms with E-state index in [4.69, 9.17) is 4.74 Å². The molecule has 4 rings (SSSR count). The van der Waals surface area contributed by atoms with E-state index < -0.39 is 12.2 Å². The molecular weight excluding hydrogens is 349 g/mol. The molecule has 0 radical (unpaired) electrons. The monoisotopic (exact) mass is 378 g/mol. The molecule has 3 fully saturated rings. The highest BCUT2D eigenvalue weighted by atomic mass is 19.3. The molecule has 0 spiro atoms. The summed E-state index contributed by atoms with van der Waals surface area (Å²) in [5, 5.41) is 0. The Morgan fingerprint density at radius 3 is 2.00 bits per heavy atom. The molecule has 2 saturated carbocycles. The van der Waals surface area contributed by atoms with Gasteiger partial charge in [-0.2, -0.15) is 0 Å². The third-order valence-electron chi connectivity index (χ3n) is 7.17. The lowest BCUT2D eigenvalue weighted by molar-refractivity contribution is 0.141. The fourth-order valence-corrected chi connectivity index (χ4v) is 5.43. The summed E-state index contributed by atoms with van der Waals surface area (Å²) >= 11 is 0. The van der Waals surface area contributed by atoms with Gasteiger partial charge in [-0.25, -0.2) is 13.2 Å². The quantitative estimate of drug-likeness (QED) is 0.393. The highest BCUT2D eigenvalue weighted by Crippen LogP contribution is 2.46. The number of hydrogen-bond donors (Lipinski definition) is 0. The number of alkyl halides is 2. The van der Waals surface area contributed by atoms with Crippen molar-refractivity contribution in [3.8, 4) is 0 Å². The van der Waals surface area contributed by atoms with Crippen LogP contribution >= 0.6 is 0 Å². The Morgan fingerprint density at radius 1 is 0.926 bits per heavy atom. The Kier molecular flexibility index (Phi) is 5.63. The lowest BCUT2D eigenvalue weighted by Crippen LogP contribution is -2.25. The Hall–Kier alpha value is -1.29. The minimum atomic E-state index is -2.77. The molecule has 1 aromatic rings. The predicted molar refractivity (Wildman–Crippen MR) is 100 cm³/mol. The summed E-state index contributed by atoms with van der Waals surface area (Å²) < 4.78 is 47.1. The van der Waals surface area contributed by atoms with Gasteiger partial charge in [-0.05, 0) is 80.6 Å². The molecule has 1 saturated heterocycles. The van der Waals surface area contributed by atoms with Crippen molar-refractivity contribution in [3.05, 3.63) is 47.3 Å². The largest absolute Gasteiger partial charge is 0.368 e. The fourth-order valence-electron chi connectivity index (χ4n) is 5.43. The number of hydrogen-bond acceptors (Lipinski definition) is 1. The summed E-state index contributed by atoms with van der Waals surface area (Å²) in [5.41, 5.74) is 0.445. The van der Waals surface area contributed by atoms with E-state index in [2.05, 4.69) is 12.7 Å². The molecule has 3 aliphatic rings. The Morgan fingerprint density at radius 2 is 1.48 bits per heavy atom. The maximum atomic E-state index is 14.7. The molecule has 0 amide bonds. The molecule has 1 aliphatic heterocycles. The van der Waals surface area contributed by atoms with Crippen LogP contribution in [-0.4, -0.2) is 6.61 Å². The highest BCUT2D eigenvalue weighted by molar-refractivity contribution is 5.39. The van der Waals surface area contributed by atoms with E-state index in [1.165, 1.54) is 25.7 Å². The standard InChI is InChI=1S/C23H29F3O/c1-2-14-3-5-15(6-4-14)16-7-9-17(10-8-16)18-11-12-19(20-13-27-20)22(24)21(18)23(25)26/h2,11-12,14-17,20,23H,1,3-10,13H2. The number of epoxide rings is 1. The van der Waals surface area contributed by atoms with Crippen LogP contribution in [0.2, 0.25) is 0 Å². The van der Waals surface area contributed by atoms with E-state index in [0.29, 0.717) is 29.6 Å². The minimum Gasteiger partial charge on any atom is -0.368 e. The van der Waals surface area contributed by atoms with Gasteiger partial charge in [0.05, 0.1) is 12.2 Å². The number of ether oxygens (including phenoxy) is 1. The fraction of sp³-hybridized carbons (Fsp3) is 0.652. The van der Waals surface area contributed by atoms with Crippen molar-refractivity contribution >= 4 is 0 Å². The van der Waals surface area contributed by atoms with Crippen molar-refractivity contribution in [1.82, 2.24) is 0 Å². The van der Waals surface area contributed by atoms with E-state index >= 15 is 0 Å². The first-order chi connectivity index (χ1) is 13.1. The zero-order valence-corrected chi connectivity index (χ0v) is 15.8. The zero-order chi connectivity index (χ0) is 19.0. The predicted octanol–water partition coefficient (Wildman–Crippen LogP) is 7.10. The molecule has 148 valence electrons. The van der Waals surface area contributed by atoms with Gasteiger partial charge in [0, 0.05) is 5.56 Å². The number of allylic oxidation sites excluding steroid dienone is 1. The summed E-state index contributed by atoms with van der Waals surface area (Å²) in [5.74, 6) is 1.45. The van der Waals surface area contributed by atoms with Crippen molar-refractivity contribution in [2.45, 2.75) is 69.8 Å². The van der Waals surface area contributed by atoms with Crippen LogP contribution in [0, 0.1) is 23.6 Å².